The van der Waals surface area contributed by atoms with Crippen molar-refractivity contribution in [1.82, 2.24) is 10.6 Å². The van der Waals surface area contributed by atoms with E-state index in [4.69, 9.17) is 5.73 Å². The van der Waals surface area contributed by atoms with Gasteiger partial charge in [0, 0.05) is 30.6 Å². The average Bonchev–Trinajstić information content (AvgIpc) is 3.32. The molecule has 1 aromatic carbocycles. The van der Waals surface area contributed by atoms with Crippen LogP contribution >= 0.6 is 0 Å². The van der Waals surface area contributed by atoms with Gasteiger partial charge in [0.2, 0.25) is 5.91 Å². The molecule has 1 aromatic rings. The standard InChI is InChI=1S/C19H27N3O2/c20-17(14-9-10-14)12-22-19(24)16-7-5-13(6-8-16)11-21-18(23)15-3-1-2-4-15/h5-8,14-15,17H,1-4,9-12,20H2,(H,21,23)(H,22,24). The maximum Gasteiger partial charge on any atom is 0.251 e. The third-order valence-corrected chi connectivity index (χ3v) is 5.13. The molecule has 0 spiro atoms. The Morgan fingerprint density at radius 3 is 2.33 bits per heavy atom. The van der Waals surface area contributed by atoms with E-state index < -0.39 is 0 Å². The van der Waals surface area contributed by atoms with Gasteiger partial charge in [-0.2, -0.15) is 0 Å². The van der Waals surface area contributed by atoms with Gasteiger partial charge in [0.15, 0.2) is 0 Å². The molecule has 2 saturated carbocycles. The van der Waals surface area contributed by atoms with Crippen LogP contribution in [0.15, 0.2) is 24.3 Å². The van der Waals surface area contributed by atoms with Crippen LogP contribution in [-0.2, 0) is 11.3 Å². The lowest BCUT2D eigenvalue weighted by Gasteiger charge is -2.12. The van der Waals surface area contributed by atoms with Crippen molar-refractivity contribution < 1.29 is 9.59 Å². The van der Waals surface area contributed by atoms with E-state index in [0.29, 0.717) is 24.6 Å². The Morgan fingerprint density at radius 1 is 1.04 bits per heavy atom. The van der Waals surface area contributed by atoms with Crippen LogP contribution in [0, 0.1) is 11.8 Å². The van der Waals surface area contributed by atoms with Crippen molar-refractivity contribution in [2.24, 2.45) is 17.6 Å². The number of amides is 2. The van der Waals surface area contributed by atoms with Crippen LogP contribution < -0.4 is 16.4 Å². The van der Waals surface area contributed by atoms with E-state index in [0.717, 1.165) is 31.2 Å². The Balaban J connectivity index is 1.43. The summed E-state index contributed by atoms with van der Waals surface area (Å²) >= 11 is 0. The van der Waals surface area contributed by atoms with E-state index in [1.165, 1.54) is 12.8 Å². The summed E-state index contributed by atoms with van der Waals surface area (Å²) in [6.07, 6.45) is 6.69. The second-order valence-corrected chi connectivity index (χ2v) is 7.11. The minimum Gasteiger partial charge on any atom is -0.352 e. The first-order valence-electron chi connectivity index (χ1n) is 9.04. The zero-order chi connectivity index (χ0) is 16.9. The summed E-state index contributed by atoms with van der Waals surface area (Å²) in [6, 6.07) is 7.46. The van der Waals surface area contributed by atoms with Gasteiger partial charge in [-0.3, -0.25) is 9.59 Å². The molecule has 5 nitrogen and oxygen atoms in total. The van der Waals surface area contributed by atoms with Gasteiger partial charge in [0.25, 0.3) is 5.91 Å². The second kappa shape index (κ2) is 7.79. The van der Waals surface area contributed by atoms with Gasteiger partial charge in [-0.15, -0.1) is 0 Å². The molecule has 130 valence electrons. The predicted molar refractivity (Wildman–Crippen MR) is 93.3 cm³/mol. The topological polar surface area (TPSA) is 84.2 Å². The molecule has 0 heterocycles. The van der Waals surface area contributed by atoms with Crippen molar-refractivity contribution in [3.05, 3.63) is 35.4 Å². The van der Waals surface area contributed by atoms with Crippen LogP contribution in [-0.4, -0.2) is 24.4 Å². The monoisotopic (exact) mass is 329 g/mol. The molecule has 0 saturated heterocycles. The molecule has 4 N–H and O–H groups in total. The highest BCUT2D eigenvalue weighted by atomic mass is 16.2. The van der Waals surface area contributed by atoms with Gasteiger partial charge in [0.05, 0.1) is 0 Å². The number of carbonyl (C=O) groups excluding carboxylic acids is 2. The maximum atomic E-state index is 12.1. The first-order valence-corrected chi connectivity index (χ1v) is 9.04. The molecule has 2 fully saturated rings. The molecule has 0 radical (unpaired) electrons. The molecule has 0 aliphatic heterocycles. The number of rotatable bonds is 7. The van der Waals surface area contributed by atoms with E-state index in [1.807, 2.05) is 12.1 Å². The lowest BCUT2D eigenvalue weighted by atomic mass is 10.1. The van der Waals surface area contributed by atoms with Crippen molar-refractivity contribution in [3.8, 4) is 0 Å². The van der Waals surface area contributed by atoms with Gasteiger partial charge >= 0.3 is 0 Å². The molecule has 1 unspecified atom stereocenters. The minimum atomic E-state index is -0.0901. The number of carbonyl (C=O) groups is 2. The van der Waals surface area contributed by atoms with Crippen LogP contribution in [0.2, 0.25) is 0 Å². The van der Waals surface area contributed by atoms with Crippen molar-refractivity contribution >= 4 is 11.8 Å². The van der Waals surface area contributed by atoms with Gasteiger partial charge in [0.1, 0.15) is 0 Å². The molecule has 2 aliphatic rings. The largest absolute Gasteiger partial charge is 0.352 e. The van der Waals surface area contributed by atoms with Crippen molar-refractivity contribution in [2.45, 2.75) is 51.1 Å². The molecule has 3 rings (SSSR count). The van der Waals surface area contributed by atoms with Crippen LogP contribution in [0.3, 0.4) is 0 Å². The third-order valence-electron chi connectivity index (χ3n) is 5.13. The normalized spacial score (nSPS) is 19.0. The van der Waals surface area contributed by atoms with Gasteiger partial charge in [-0.25, -0.2) is 0 Å². The quantitative estimate of drug-likeness (QED) is 0.715. The van der Waals surface area contributed by atoms with Crippen molar-refractivity contribution in [3.63, 3.8) is 0 Å². The summed E-state index contributed by atoms with van der Waals surface area (Å²) in [4.78, 5) is 24.1. The highest BCUT2D eigenvalue weighted by molar-refractivity contribution is 5.94. The van der Waals surface area contributed by atoms with Crippen molar-refractivity contribution in [1.29, 1.82) is 0 Å². The van der Waals surface area contributed by atoms with Gasteiger partial charge in [-0.05, 0) is 49.3 Å². The fraction of sp³-hybridized carbons (Fsp3) is 0.579. The fourth-order valence-corrected chi connectivity index (χ4v) is 3.30. The summed E-state index contributed by atoms with van der Waals surface area (Å²) in [5.41, 5.74) is 7.63. The highest BCUT2D eigenvalue weighted by Gasteiger charge is 2.28. The van der Waals surface area contributed by atoms with E-state index in [1.54, 1.807) is 12.1 Å². The lowest BCUT2D eigenvalue weighted by Crippen LogP contribution is -2.38. The van der Waals surface area contributed by atoms with E-state index in [2.05, 4.69) is 10.6 Å². The summed E-state index contributed by atoms with van der Waals surface area (Å²) in [6.45, 7) is 1.05. The summed E-state index contributed by atoms with van der Waals surface area (Å²) in [5, 5.41) is 5.89. The number of hydrogen-bond donors (Lipinski definition) is 3. The molecule has 1 atom stereocenters. The summed E-state index contributed by atoms with van der Waals surface area (Å²) < 4.78 is 0. The van der Waals surface area contributed by atoms with Crippen molar-refractivity contribution in [2.75, 3.05) is 6.54 Å². The smallest absolute Gasteiger partial charge is 0.251 e. The molecule has 24 heavy (non-hydrogen) atoms. The third kappa shape index (κ3) is 4.57. The van der Waals surface area contributed by atoms with Crippen LogP contribution in [0.1, 0.15) is 54.4 Å². The second-order valence-electron chi connectivity index (χ2n) is 7.11. The lowest BCUT2D eigenvalue weighted by molar-refractivity contribution is -0.124. The fourth-order valence-electron chi connectivity index (χ4n) is 3.30. The molecule has 2 amide bonds. The minimum absolute atomic E-state index is 0.0685. The number of hydrogen-bond acceptors (Lipinski definition) is 3. The maximum absolute atomic E-state index is 12.1. The SMILES string of the molecule is NC(CNC(=O)c1ccc(CNC(=O)C2CCCC2)cc1)C1CC1. The molecule has 0 aromatic heterocycles. The van der Waals surface area contributed by atoms with E-state index in [9.17, 15) is 9.59 Å². The number of benzene rings is 1. The Kier molecular flexibility index (Phi) is 5.51. The number of nitrogens with two attached hydrogens (primary N) is 1. The van der Waals surface area contributed by atoms with E-state index in [-0.39, 0.29) is 23.8 Å². The first kappa shape index (κ1) is 17.0. The molecule has 5 heteroatoms. The van der Waals surface area contributed by atoms with Crippen LogP contribution in [0.25, 0.3) is 0 Å². The van der Waals surface area contributed by atoms with Gasteiger partial charge in [-0.1, -0.05) is 25.0 Å². The molecule has 0 bridgehead atoms. The molecular weight excluding hydrogens is 302 g/mol. The van der Waals surface area contributed by atoms with E-state index >= 15 is 0 Å². The van der Waals surface area contributed by atoms with Crippen LogP contribution in [0.4, 0.5) is 0 Å². The Labute approximate surface area is 143 Å². The number of nitrogens with one attached hydrogen (secondary N) is 2. The Hall–Kier alpha value is -1.88. The average molecular weight is 329 g/mol. The predicted octanol–water partition coefficient (Wildman–Crippen LogP) is 1.96. The zero-order valence-electron chi connectivity index (χ0n) is 14.1. The molecular formula is C19H27N3O2. The Bertz CT molecular complexity index is 575. The van der Waals surface area contributed by atoms with Gasteiger partial charge < -0.3 is 16.4 Å². The first-order chi connectivity index (χ1) is 11.6. The summed E-state index contributed by atoms with van der Waals surface area (Å²) in [7, 11) is 0. The zero-order valence-corrected chi connectivity index (χ0v) is 14.1. The highest BCUT2D eigenvalue weighted by Crippen LogP contribution is 2.31. The molecule has 2 aliphatic carbocycles. The Morgan fingerprint density at radius 2 is 1.71 bits per heavy atom. The summed E-state index contributed by atoms with van der Waals surface area (Å²) in [5.74, 6) is 0.831. The van der Waals surface area contributed by atoms with Crippen LogP contribution in [0.5, 0.6) is 0 Å².